The van der Waals surface area contributed by atoms with Crippen molar-refractivity contribution in [2.75, 3.05) is 0 Å². The van der Waals surface area contributed by atoms with Crippen LogP contribution in [0.15, 0.2) is 67.4 Å². The first-order valence-corrected chi connectivity index (χ1v) is 12.4. The van der Waals surface area contributed by atoms with Crippen molar-refractivity contribution in [1.29, 1.82) is 0 Å². The van der Waals surface area contributed by atoms with E-state index in [9.17, 15) is 49.1 Å². The summed E-state index contributed by atoms with van der Waals surface area (Å²) in [6.45, 7) is 0. The van der Waals surface area contributed by atoms with Gasteiger partial charge in [-0.25, -0.2) is 0 Å². The summed E-state index contributed by atoms with van der Waals surface area (Å²) in [5, 5.41) is 26.4. The van der Waals surface area contributed by atoms with Crippen LogP contribution in [-0.2, 0) is 30.4 Å². The SMILES string of the molecule is O=S(=O)(O)c1cc(O)c2c(O)c(N=Nc3ccccc3S(=O)(=O)O)cc(S(=O)(=O)O)c2c1. The fraction of sp³-hybridized carbons (Fsp3) is 0. The molecule has 0 unspecified atom stereocenters. The molecule has 3 rings (SSSR count). The predicted octanol–water partition coefficient (Wildman–Crippen LogP) is 2.41. The fourth-order valence-electron chi connectivity index (χ4n) is 2.75. The first kappa shape index (κ1) is 23.5. The Balaban J connectivity index is 2.35. The van der Waals surface area contributed by atoms with E-state index in [1.807, 2.05) is 0 Å². The summed E-state index contributed by atoms with van der Waals surface area (Å²) < 4.78 is 97.3. The molecule has 0 heterocycles. The van der Waals surface area contributed by atoms with Crippen LogP contribution in [0.2, 0.25) is 0 Å². The summed E-state index contributed by atoms with van der Waals surface area (Å²) in [5.74, 6) is -1.91. The Kier molecular flexibility index (Phi) is 5.71. The number of fused-ring (bicyclic) bond motifs is 1. The summed E-state index contributed by atoms with van der Waals surface area (Å²) in [5.41, 5.74) is -1.07. The van der Waals surface area contributed by atoms with Gasteiger partial charge in [0.25, 0.3) is 30.4 Å². The third kappa shape index (κ3) is 4.54. The lowest BCUT2D eigenvalue weighted by atomic mass is 10.1. The summed E-state index contributed by atoms with van der Waals surface area (Å²) in [6, 6.07) is 6.41. The Labute approximate surface area is 180 Å². The van der Waals surface area contributed by atoms with Gasteiger partial charge in [0.1, 0.15) is 26.9 Å². The standard InChI is InChI=1S/C16H12N2O11S3/c19-12-6-8(30(21,22)23)5-9-14(32(27,28)29)7-11(16(20)15(9)12)18-17-10-3-1-2-4-13(10)31(24,25)26/h1-7,19-20H,(H,21,22,23)(H,24,25,26)(H,27,28,29). The molecule has 0 spiro atoms. The van der Waals surface area contributed by atoms with E-state index in [1.165, 1.54) is 12.1 Å². The molecular weight excluding hydrogens is 492 g/mol. The molecule has 0 aliphatic carbocycles. The van der Waals surface area contributed by atoms with Crippen molar-refractivity contribution in [1.82, 2.24) is 0 Å². The zero-order valence-electron chi connectivity index (χ0n) is 15.3. The number of phenols is 2. The van der Waals surface area contributed by atoms with Crippen molar-refractivity contribution in [2.24, 2.45) is 10.2 Å². The molecule has 3 aromatic rings. The third-order valence-electron chi connectivity index (χ3n) is 4.09. The molecule has 0 aliphatic rings. The lowest BCUT2D eigenvalue weighted by Crippen LogP contribution is -2.02. The van der Waals surface area contributed by atoms with E-state index in [0.717, 1.165) is 12.1 Å². The van der Waals surface area contributed by atoms with Crippen molar-refractivity contribution in [3.63, 3.8) is 0 Å². The lowest BCUT2D eigenvalue weighted by Gasteiger charge is -2.11. The largest absolute Gasteiger partial charge is 0.507 e. The number of phenolic OH excluding ortho intramolecular Hbond substituents is 2. The molecule has 0 radical (unpaired) electrons. The monoisotopic (exact) mass is 504 g/mol. The van der Waals surface area contributed by atoms with Crippen molar-refractivity contribution in [3.05, 3.63) is 42.5 Å². The fourth-order valence-corrected chi connectivity index (χ4v) is 4.60. The third-order valence-corrected chi connectivity index (χ3v) is 6.71. The summed E-state index contributed by atoms with van der Waals surface area (Å²) in [7, 11) is -14.7. The maximum absolute atomic E-state index is 11.8. The Morgan fingerprint density at radius 2 is 1.22 bits per heavy atom. The first-order valence-electron chi connectivity index (χ1n) is 8.06. The van der Waals surface area contributed by atoms with E-state index >= 15 is 0 Å². The van der Waals surface area contributed by atoms with Crippen molar-refractivity contribution in [2.45, 2.75) is 14.7 Å². The molecule has 0 atom stereocenters. The number of rotatable bonds is 5. The molecule has 3 aromatic carbocycles. The van der Waals surface area contributed by atoms with Gasteiger partial charge in [0.2, 0.25) is 0 Å². The average Bonchev–Trinajstić information content (AvgIpc) is 2.64. The molecule has 0 saturated carbocycles. The highest BCUT2D eigenvalue weighted by molar-refractivity contribution is 7.86. The van der Waals surface area contributed by atoms with Gasteiger partial charge < -0.3 is 10.2 Å². The highest BCUT2D eigenvalue weighted by Gasteiger charge is 2.25. The van der Waals surface area contributed by atoms with Crippen molar-refractivity contribution >= 4 is 52.5 Å². The number of hydrogen-bond donors (Lipinski definition) is 5. The molecule has 0 bridgehead atoms. The van der Waals surface area contributed by atoms with E-state index in [4.69, 9.17) is 0 Å². The van der Waals surface area contributed by atoms with Crippen LogP contribution in [0.25, 0.3) is 10.8 Å². The van der Waals surface area contributed by atoms with E-state index < -0.39 is 78.7 Å². The Morgan fingerprint density at radius 3 is 1.78 bits per heavy atom. The van der Waals surface area contributed by atoms with Crippen LogP contribution in [0, 0.1) is 0 Å². The van der Waals surface area contributed by atoms with Gasteiger partial charge in [-0.1, -0.05) is 12.1 Å². The minimum Gasteiger partial charge on any atom is -0.507 e. The van der Waals surface area contributed by atoms with Gasteiger partial charge in [0.05, 0.1) is 10.3 Å². The summed E-state index contributed by atoms with van der Waals surface area (Å²) in [4.78, 5) is -2.59. The first-order chi connectivity index (χ1) is 14.6. The van der Waals surface area contributed by atoms with Crippen LogP contribution >= 0.6 is 0 Å². The number of nitrogens with zero attached hydrogens (tertiary/aromatic N) is 2. The number of hydrogen-bond acceptors (Lipinski definition) is 10. The number of benzene rings is 3. The average molecular weight is 504 g/mol. The molecule has 0 aliphatic heterocycles. The molecule has 0 amide bonds. The van der Waals surface area contributed by atoms with Gasteiger partial charge in [-0.3, -0.25) is 13.7 Å². The highest BCUT2D eigenvalue weighted by atomic mass is 32.2. The highest BCUT2D eigenvalue weighted by Crippen LogP contribution is 2.45. The Hall–Kier alpha value is -3.15. The van der Waals surface area contributed by atoms with E-state index in [2.05, 4.69) is 10.2 Å². The Bertz CT molecular complexity index is 1610. The quantitative estimate of drug-likeness (QED) is 0.250. The van der Waals surface area contributed by atoms with Gasteiger partial charge in [-0.05, 0) is 24.3 Å². The molecule has 170 valence electrons. The van der Waals surface area contributed by atoms with Crippen LogP contribution in [0.1, 0.15) is 0 Å². The zero-order valence-corrected chi connectivity index (χ0v) is 17.8. The number of aromatic hydroxyl groups is 2. The maximum atomic E-state index is 11.8. The van der Waals surface area contributed by atoms with Gasteiger partial charge >= 0.3 is 0 Å². The van der Waals surface area contributed by atoms with Gasteiger partial charge in [-0.2, -0.15) is 25.3 Å². The predicted molar refractivity (Wildman–Crippen MR) is 107 cm³/mol. The zero-order chi connectivity index (χ0) is 24.1. The van der Waals surface area contributed by atoms with Gasteiger partial charge in [0.15, 0.2) is 5.75 Å². The molecular formula is C16H12N2O11S3. The Morgan fingerprint density at radius 1 is 0.656 bits per heavy atom. The second-order valence-corrected chi connectivity index (χ2v) is 10.4. The van der Waals surface area contributed by atoms with Crippen LogP contribution < -0.4 is 0 Å². The van der Waals surface area contributed by atoms with Crippen LogP contribution in [0.3, 0.4) is 0 Å². The van der Waals surface area contributed by atoms with Crippen molar-refractivity contribution < 1.29 is 49.1 Å². The second-order valence-electron chi connectivity index (χ2n) is 6.20. The van der Waals surface area contributed by atoms with Gasteiger partial charge in [-0.15, -0.1) is 10.2 Å². The number of azo groups is 1. The lowest BCUT2D eigenvalue weighted by molar-refractivity contribution is 0.459. The molecule has 13 nitrogen and oxygen atoms in total. The molecule has 32 heavy (non-hydrogen) atoms. The normalized spacial score (nSPS) is 13.1. The van der Waals surface area contributed by atoms with E-state index in [0.29, 0.717) is 18.2 Å². The molecule has 5 N–H and O–H groups in total. The minimum absolute atomic E-state index is 0.395. The van der Waals surface area contributed by atoms with Crippen LogP contribution in [-0.4, -0.2) is 49.1 Å². The molecule has 16 heteroatoms. The molecule has 0 saturated heterocycles. The van der Waals surface area contributed by atoms with Crippen molar-refractivity contribution in [3.8, 4) is 11.5 Å². The van der Waals surface area contributed by atoms with Gasteiger partial charge in [0, 0.05) is 11.5 Å². The maximum Gasteiger partial charge on any atom is 0.296 e. The minimum atomic E-state index is -5.10. The smallest absolute Gasteiger partial charge is 0.296 e. The van der Waals surface area contributed by atoms with E-state index in [1.54, 1.807) is 0 Å². The molecule has 0 fully saturated rings. The van der Waals surface area contributed by atoms with Crippen LogP contribution in [0.4, 0.5) is 11.4 Å². The molecule has 0 aromatic heterocycles. The summed E-state index contributed by atoms with van der Waals surface area (Å²) >= 11 is 0. The van der Waals surface area contributed by atoms with E-state index in [-0.39, 0.29) is 0 Å². The van der Waals surface area contributed by atoms with Crippen LogP contribution in [0.5, 0.6) is 11.5 Å². The topological polar surface area (TPSA) is 228 Å². The summed E-state index contributed by atoms with van der Waals surface area (Å²) in [6.07, 6.45) is 0. The second kappa shape index (κ2) is 7.76.